The van der Waals surface area contributed by atoms with Gasteiger partial charge in [0, 0.05) is 0 Å². The van der Waals surface area contributed by atoms with Gasteiger partial charge in [-0.15, -0.1) is 0 Å². The summed E-state index contributed by atoms with van der Waals surface area (Å²) in [5, 5.41) is 12.7. The first-order valence-corrected chi connectivity index (χ1v) is 7.45. The van der Waals surface area contributed by atoms with Gasteiger partial charge in [-0.2, -0.15) is 0 Å². The number of aliphatic hydroxyl groups is 1. The number of hydrogen-bond donors (Lipinski definition) is 3. The van der Waals surface area contributed by atoms with Crippen LogP contribution in [0.3, 0.4) is 0 Å². The van der Waals surface area contributed by atoms with Gasteiger partial charge in [-0.1, -0.05) is 43.2 Å². The molecule has 0 saturated heterocycles. The third kappa shape index (κ3) is 4.32. The van der Waals surface area contributed by atoms with Gasteiger partial charge in [-0.25, -0.2) is 0 Å². The lowest BCUT2D eigenvalue weighted by atomic mass is 9.92. The van der Waals surface area contributed by atoms with Crippen LogP contribution in [0.15, 0.2) is 30.3 Å². The minimum absolute atomic E-state index is 0.126. The molecule has 0 radical (unpaired) electrons. The van der Waals surface area contributed by atoms with E-state index in [9.17, 15) is 9.90 Å². The topological polar surface area (TPSA) is 75.4 Å². The second kappa shape index (κ2) is 7.41. The number of aryl methyl sites for hydroxylation is 1. The van der Waals surface area contributed by atoms with Gasteiger partial charge in [0.25, 0.3) is 0 Å². The zero-order chi connectivity index (χ0) is 14.4. The van der Waals surface area contributed by atoms with Crippen LogP contribution in [0.25, 0.3) is 0 Å². The van der Waals surface area contributed by atoms with Crippen LogP contribution in [-0.2, 0) is 11.2 Å². The lowest BCUT2D eigenvalue weighted by molar-refractivity contribution is -0.124. The molecule has 1 aromatic carbocycles. The zero-order valence-corrected chi connectivity index (χ0v) is 11.8. The minimum Gasteiger partial charge on any atom is -0.391 e. The van der Waals surface area contributed by atoms with E-state index in [1.54, 1.807) is 0 Å². The number of amides is 1. The number of carbonyl (C=O) groups is 1. The summed E-state index contributed by atoms with van der Waals surface area (Å²) in [6.45, 7) is 0. The number of aliphatic hydroxyl groups excluding tert-OH is 1. The van der Waals surface area contributed by atoms with Crippen molar-refractivity contribution in [2.75, 3.05) is 0 Å². The van der Waals surface area contributed by atoms with Crippen LogP contribution in [-0.4, -0.2) is 29.2 Å². The SMILES string of the molecule is NC(CCc1ccccc1)C(=O)NC1CCCCC1O. The average Bonchev–Trinajstić information content (AvgIpc) is 2.48. The average molecular weight is 276 g/mol. The number of nitrogens with two attached hydrogens (primary N) is 1. The number of nitrogens with one attached hydrogen (secondary N) is 1. The molecule has 3 unspecified atom stereocenters. The van der Waals surface area contributed by atoms with E-state index >= 15 is 0 Å². The molecular weight excluding hydrogens is 252 g/mol. The lowest BCUT2D eigenvalue weighted by Gasteiger charge is -2.29. The van der Waals surface area contributed by atoms with Crippen LogP contribution in [0, 0.1) is 0 Å². The normalized spacial score (nSPS) is 24.1. The number of carbonyl (C=O) groups excluding carboxylic acids is 1. The Morgan fingerprint density at radius 3 is 2.70 bits per heavy atom. The molecule has 1 aromatic rings. The van der Waals surface area contributed by atoms with Gasteiger partial charge in [0.15, 0.2) is 0 Å². The first-order valence-electron chi connectivity index (χ1n) is 7.45. The van der Waals surface area contributed by atoms with Gasteiger partial charge in [-0.3, -0.25) is 4.79 Å². The van der Waals surface area contributed by atoms with E-state index < -0.39 is 12.1 Å². The Labute approximate surface area is 120 Å². The van der Waals surface area contributed by atoms with Crippen molar-refractivity contribution in [2.24, 2.45) is 5.73 Å². The van der Waals surface area contributed by atoms with E-state index in [-0.39, 0.29) is 11.9 Å². The van der Waals surface area contributed by atoms with Gasteiger partial charge in [0.05, 0.1) is 18.2 Å². The Morgan fingerprint density at radius 2 is 2.00 bits per heavy atom. The van der Waals surface area contributed by atoms with Crippen LogP contribution in [0.5, 0.6) is 0 Å². The van der Waals surface area contributed by atoms with E-state index in [0.717, 1.165) is 32.1 Å². The molecule has 1 amide bonds. The fraction of sp³-hybridized carbons (Fsp3) is 0.562. The highest BCUT2D eigenvalue weighted by molar-refractivity contribution is 5.81. The third-order valence-corrected chi connectivity index (χ3v) is 3.98. The maximum Gasteiger partial charge on any atom is 0.237 e. The Balaban J connectivity index is 1.77. The maximum absolute atomic E-state index is 12.0. The highest BCUT2D eigenvalue weighted by atomic mass is 16.3. The van der Waals surface area contributed by atoms with Crippen LogP contribution in [0.1, 0.15) is 37.7 Å². The molecule has 1 saturated carbocycles. The smallest absolute Gasteiger partial charge is 0.237 e. The molecule has 0 bridgehead atoms. The first-order chi connectivity index (χ1) is 9.66. The number of benzene rings is 1. The van der Waals surface area contributed by atoms with Crippen molar-refractivity contribution < 1.29 is 9.90 Å². The molecule has 110 valence electrons. The quantitative estimate of drug-likeness (QED) is 0.760. The molecule has 3 atom stereocenters. The molecule has 1 aliphatic rings. The van der Waals surface area contributed by atoms with Crippen molar-refractivity contribution in [1.82, 2.24) is 5.32 Å². The highest BCUT2D eigenvalue weighted by Gasteiger charge is 2.26. The second-order valence-electron chi connectivity index (χ2n) is 5.60. The van der Waals surface area contributed by atoms with E-state index in [4.69, 9.17) is 5.73 Å². The summed E-state index contributed by atoms with van der Waals surface area (Å²) in [5.74, 6) is -0.146. The fourth-order valence-corrected chi connectivity index (χ4v) is 2.67. The largest absolute Gasteiger partial charge is 0.391 e. The summed E-state index contributed by atoms with van der Waals surface area (Å²) < 4.78 is 0. The van der Waals surface area contributed by atoms with Crippen molar-refractivity contribution in [3.8, 4) is 0 Å². The molecule has 4 nitrogen and oxygen atoms in total. The predicted octanol–water partition coefficient (Wildman–Crippen LogP) is 1.37. The Bertz CT molecular complexity index is 422. The van der Waals surface area contributed by atoms with Crippen LogP contribution >= 0.6 is 0 Å². The molecule has 2 rings (SSSR count). The van der Waals surface area contributed by atoms with Crippen LogP contribution in [0.2, 0.25) is 0 Å². The van der Waals surface area contributed by atoms with Crippen molar-refractivity contribution in [2.45, 2.75) is 56.7 Å². The number of rotatable bonds is 5. The van der Waals surface area contributed by atoms with Crippen molar-refractivity contribution in [3.05, 3.63) is 35.9 Å². The van der Waals surface area contributed by atoms with E-state index in [1.165, 1.54) is 5.56 Å². The van der Waals surface area contributed by atoms with E-state index in [0.29, 0.717) is 6.42 Å². The first kappa shape index (κ1) is 15.0. The van der Waals surface area contributed by atoms with Crippen molar-refractivity contribution in [1.29, 1.82) is 0 Å². The van der Waals surface area contributed by atoms with Gasteiger partial charge in [0.1, 0.15) is 0 Å². The predicted molar refractivity (Wildman–Crippen MR) is 79.1 cm³/mol. The molecule has 4 heteroatoms. The van der Waals surface area contributed by atoms with Gasteiger partial charge < -0.3 is 16.2 Å². The summed E-state index contributed by atoms with van der Waals surface area (Å²) in [4.78, 5) is 12.0. The summed E-state index contributed by atoms with van der Waals surface area (Å²) >= 11 is 0. The molecule has 0 aromatic heterocycles. The Morgan fingerprint density at radius 1 is 1.30 bits per heavy atom. The molecule has 4 N–H and O–H groups in total. The monoisotopic (exact) mass is 276 g/mol. The van der Waals surface area contributed by atoms with Crippen LogP contribution < -0.4 is 11.1 Å². The Kier molecular flexibility index (Phi) is 5.56. The van der Waals surface area contributed by atoms with Gasteiger partial charge in [-0.05, 0) is 31.2 Å². The highest BCUT2D eigenvalue weighted by Crippen LogP contribution is 2.18. The summed E-state index contributed by atoms with van der Waals surface area (Å²) in [6, 6.07) is 9.38. The summed E-state index contributed by atoms with van der Waals surface area (Å²) in [7, 11) is 0. The van der Waals surface area contributed by atoms with E-state index in [1.807, 2.05) is 30.3 Å². The molecule has 0 heterocycles. The molecule has 1 aliphatic carbocycles. The van der Waals surface area contributed by atoms with Gasteiger partial charge >= 0.3 is 0 Å². The molecule has 0 aliphatic heterocycles. The summed E-state index contributed by atoms with van der Waals surface area (Å²) in [5.41, 5.74) is 7.12. The third-order valence-electron chi connectivity index (χ3n) is 3.98. The molecule has 0 spiro atoms. The van der Waals surface area contributed by atoms with E-state index in [2.05, 4.69) is 5.32 Å². The maximum atomic E-state index is 12.0. The number of hydrogen-bond acceptors (Lipinski definition) is 3. The standard InChI is InChI=1S/C16H24N2O2/c17-13(11-10-12-6-2-1-3-7-12)16(20)18-14-8-4-5-9-15(14)19/h1-3,6-7,13-15,19H,4-5,8-11,17H2,(H,18,20). The van der Waals surface area contributed by atoms with Crippen molar-refractivity contribution >= 4 is 5.91 Å². The molecule has 1 fully saturated rings. The zero-order valence-electron chi connectivity index (χ0n) is 11.8. The summed E-state index contributed by atoms with van der Waals surface area (Å²) in [6.07, 6.45) is 4.70. The fourth-order valence-electron chi connectivity index (χ4n) is 2.67. The lowest BCUT2D eigenvalue weighted by Crippen LogP contribution is -2.50. The van der Waals surface area contributed by atoms with Crippen molar-refractivity contribution in [3.63, 3.8) is 0 Å². The second-order valence-corrected chi connectivity index (χ2v) is 5.60. The molecule has 20 heavy (non-hydrogen) atoms. The van der Waals surface area contributed by atoms with Crippen LogP contribution in [0.4, 0.5) is 0 Å². The molecular formula is C16H24N2O2. The minimum atomic E-state index is -0.510. The Hall–Kier alpha value is -1.39. The van der Waals surface area contributed by atoms with Gasteiger partial charge in [0.2, 0.25) is 5.91 Å².